The predicted octanol–water partition coefficient (Wildman–Crippen LogP) is 2.26. The van der Waals surface area contributed by atoms with Gasteiger partial charge in [-0.15, -0.1) is 12.4 Å². The normalized spacial score (nSPS) is 18.3. The first-order valence-corrected chi connectivity index (χ1v) is 9.38. The summed E-state index contributed by atoms with van der Waals surface area (Å²) in [6.45, 7) is 5.83. The highest BCUT2D eigenvalue weighted by atomic mass is 35.5. The second-order valence-electron chi connectivity index (χ2n) is 7.35. The highest BCUT2D eigenvalue weighted by Crippen LogP contribution is 2.36. The van der Waals surface area contributed by atoms with Gasteiger partial charge >= 0.3 is 0 Å². The van der Waals surface area contributed by atoms with E-state index < -0.39 is 0 Å². The van der Waals surface area contributed by atoms with Gasteiger partial charge in [0.25, 0.3) is 5.91 Å². The van der Waals surface area contributed by atoms with Crippen molar-refractivity contribution in [3.05, 3.63) is 52.3 Å². The standard InChI is InChI=1S/C20H26N4O2.ClH/c1-14-4-2-3-5-16(14)20(7-10-26-11-8-20)13-22-19(25)18-15-12-21-9-6-17(15)23-24-18;/h2-5,21H,6-13H2,1H3,(H,22,25)(H,23,24);1H. The van der Waals surface area contributed by atoms with Gasteiger partial charge in [0, 0.05) is 55.9 Å². The number of hydrogen-bond donors (Lipinski definition) is 3. The summed E-state index contributed by atoms with van der Waals surface area (Å²) in [5, 5.41) is 13.8. The topological polar surface area (TPSA) is 79.0 Å². The quantitative estimate of drug-likeness (QED) is 0.748. The van der Waals surface area contributed by atoms with Crippen LogP contribution in [0.3, 0.4) is 0 Å². The van der Waals surface area contributed by atoms with E-state index in [4.69, 9.17) is 4.74 Å². The molecular formula is C20H27ClN4O2. The van der Waals surface area contributed by atoms with Gasteiger partial charge in [-0.3, -0.25) is 9.89 Å². The number of nitrogens with one attached hydrogen (secondary N) is 3. The Balaban J connectivity index is 0.00000210. The molecule has 2 aromatic rings. The van der Waals surface area contributed by atoms with Crippen LogP contribution in [0.2, 0.25) is 0 Å². The maximum absolute atomic E-state index is 12.8. The average molecular weight is 391 g/mol. The number of halogens is 1. The Bertz CT molecular complexity index is 799. The molecule has 3 heterocycles. The van der Waals surface area contributed by atoms with E-state index in [0.29, 0.717) is 18.8 Å². The Morgan fingerprint density at radius 3 is 2.85 bits per heavy atom. The first-order valence-electron chi connectivity index (χ1n) is 9.38. The van der Waals surface area contributed by atoms with Gasteiger partial charge in [-0.2, -0.15) is 5.10 Å². The van der Waals surface area contributed by atoms with Crippen LogP contribution < -0.4 is 10.6 Å². The molecule has 2 aliphatic rings. The number of carbonyl (C=O) groups excluding carboxylic acids is 1. The number of aromatic nitrogens is 2. The molecule has 1 fully saturated rings. The third kappa shape index (κ3) is 3.88. The minimum absolute atomic E-state index is 0. The first-order chi connectivity index (χ1) is 12.7. The molecule has 0 spiro atoms. The molecule has 1 aromatic carbocycles. The van der Waals surface area contributed by atoms with Gasteiger partial charge < -0.3 is 15.4 Å². The summed E-state index contributed by atoms with van der Waals surface area (Å²) in [6, 6.07) is 8.47. The minimum Gasteiger partial charge on any atom is -0.381 e. The molecule has 0 radical (unpaired) electrons. The number of aryl methyl sites for hydroxylation is 1. The summed E-state index contributed by atoms with van der Waals surface area (Å²) in [5.41, 5.74) is 5.12. The average Bonchev–Trinajstić information content (AvgIpc) is 3.11. The van der Waals surface area contributed by atoms with Gasteiger partial charge in [0.15, 0.2) is 5.69 Å². The number of carbonyl (C=O) groups is 1. The third-order valence-electron chi connectivity index (χ3n) is 5.78. The number of benzene rings is 1. The van der Waals surface area contributed by atoms with E-state index in [2.05, 4.69) is 52.0 Å². The molecular weight excluding hydrogens is 364 g/mol. The van der Waals surface area contributed by atoms with Gasteiger partial charge in [-0.25, -0.2) is 0 Å². The molecule has 3 N–H and O–H groups in total. The van der Waals surface area contributed by atoms with Crippen molar-refractivity contribution < 1.29 is 9.53 Å². The van der Waals surface area contributed by atoms with Crippen LogP contribution in [0.5, 0.6) is 0 Å². The molecule has 146 valence electrons. The fourth-order valence-corrected chi connectivity index (χ4v) is 4.22. The molecule has 6 nitrogen and oxygen atoms in total. The van der Waals surface area contributed by atoms with Crippen molar-refractivity contribution in [2.45, 2.75) is 38.1 Å². The fourth-order valence-electron chi connectivity index (χ4n) is 4.22. The Hall–Kier alpha value is -1.89. The lowest BCUT2D eigenvalue weighted by molar-refractivity contribution is 0.0484. The highest BCUT2D eigenvalue weighted by molar-refractivity contribution is 5.94. The lowest BCUT2D eigenvalue weighted by atomic mass is 9.72. The number of fused-ring (bicyclic) bond motifs is 1. The monoisotopic (exact) mass is 390 g/mol. The van der Waals surface area contributed by atoms with E-state index in [0.717, 1.165) is 50.3 Å². The highest BCUT2D eigenvalue weighted by Gasteiger charge is 2.36. The number of hydrogen-bond acceptors (Lipinski definition) is 4. The Labute approximate surface area is 165 Å². The summed E-state index contributed by atoms with van der Waals surface area (Å²) in [4.78, 5) is 12.8. The molecule has 0 atom stereocenters. The van der Waals surface area contributed by atoms with Crippen molar-refractivity contribution in [3.63, 3.8) is 0 Å². The number of aromatic amines is 1. The summed E-state index contributed by atoms with van der Waals surface area (Å²) in [7, 11) is 0. The predicted molar refractivity (Wildman–Crippen MR) is 106 cm³/mol. The molecule has 7 heteroatoms. The summed E-state index contributed by atoms with van der Waals surface area (Å²) in [5.74, 6) is -0.0920. The van der Waals surface area contributed by atoms with Gasteiger partial charge in [0.1, 0.15) is 0 Å². The van der Waals surface area contributed by atoms with Gasteiger partial charge in [0.05, 0.1) is 0 Å². The molecule has 1 amide bonds. The summed E-state index contributed by atoms with van der Waals surface area (Å²) in [6.07, 6.45) is 2.72. The van der Waals surface area contributed by atoms with Gasteiger partial charge in [-0.05, 0) is 30.9 Å². The van der Waals surface area contributed by atoms with Crippen molar-refractivity contribution in [3.8, 4) is 0 Å². The Kier molecular flexibility index (Phi) is 6.19. The lowest BCUT2D eigenvalue weighted by Crippen LogP contribution is -2.45. The van der Waals surface area contributed by atoms with Crippen LogP contribution in [-0.4, -0.2) is 42.4 Å². The number of amides is 1. The molecule has 0 unspecified atom stereocenters. The van der Waals surface area contributed by atoms with Crippen molar-refractivity contribution in [1.82, 2.24) is 20.8 Å². The van der Waals surface area contributed by atoms with Crippen molar-refractivity contribution in [1.29, 1.82) is 0 Å². The minimum atomic E-state index is -0.0920. The van der Waals surface area contributed by atoms with Crippen LogP contribution in [0, 0.1) is 6.92 Å². The Morgan fingerprint density at radius 2 is 2.07 bits per heavy atom. The molecule has 0 aliphatic carbocycles. The van der Waals surface area contributed by atoms with Gasteiger partial charge in [0.2, 0.25) is 0 Å². The van der Waals surface area contributed by atoms with Crippen LogP contribution in [0.15, 0.2) is 24.3 Å². The maximum Gasteiger partial charge on any atom is 0.272 e. The molecule has 1 aromatic heterocycles. The fraction of sp³-hybridized carbons (Fsp3) is 0.500. The lowest BCUT2D eigenvalue weighted by Gasteiger charge is -2.39. The van der Waals surface area contributed by atoms with Crippen LogP contribution in [0.1, 0.15) is 45.7 Å². The smallest absolute Gasteiger partial charge is 0.272 e. The van der Waals surface area contributed by atoms with Crippen LogP contribution in [-0.2, 0) is 23.1 Å². The third-order valence-corrected chi connectivity index (χ3v) is 5.78. The SMILES string of the molecule is Cc1ccccc1C1(CNC(=O)c2n[nH]c3c2CNCC3)CCOCC1.Cl. The van der Waals surface area contributed by atoms with Crippen molar-refractivity contribution in [2.75, 3.05) is 26.3 Å². The molecule has 2 aliphatic heterocycles. The van der Waals surface area contributed by atoms with E-state index in [1.807, 2.05) is 0 Å². The van der Waals surface area contributed by atoms with Crippen LogP contribution in [0.4, 0.5) is 0 Å². The molecule has 27 heavy (non-hydrogen) atoms. The number of H-pyrrole nitrogens is 1. The summed E-state index contributed by atoms with van der Waals surface area (Å²) < 4.78 is 5.60. The van der Waals surface area contributed by atoms with Crippen molar-refractivity contribution >= 4 is 18.3 Å². The summed E-state index contributed by atoms with van der Waals surface area (Å²) >= 11 is 0. The zero-order chi connectivity index (χ0) is 18.0. The van der Waals surface area contributed by atoms with Crippen LogP contribution in [0.25, 0.3) is 0 Å². The molecule has 1 saturated heterocycles. The van der Waals surface area contributed by atoms with E-state index in [9.17, 15) is 4.79 Å². The molecule has 0 saturated carbocycles. The van der Waals surface area contributed by atoms with Crippen LogP contribution >= 0.6 is 12.4 Å². The van der Waals surface area contributed by atoms with Gasteiger partial charge in [-0.1, -0.05) is 24.3 Å². The van der Waals surface area contributed by atoms with E-state index in [1.165, 1.54) is 11.1 Å². The number of ether oxygens (including phenoxy) is 1. The Morgan fingerprint density at radius 1 is 1.30 bits per heavy atom. The number of nitrogens with zero attached hydrogens (tertiary/aromatic N) is 1. The van der Waals surface area contributed by atoms with Crippen molar-refractivity contribution in [2.24, 2.45) is 0 Å². The van der Waals surface area contributed by atoms with E-state index in [-0.39, 0.29) is 23.7 Å². The van der Waals surface area contributed by atoms with E-state index in [1.54, 1.807) is 0 Å². The second kappa shape index (κ2) is 8.42. The zero-order valence-corrected chi connectivity index (χ0v) is 16.5. The molecule has 4 rings (SSSR count). The largest absolute Gasteiger partial charge is 0.381 e. The number of rotatable bonds is 4. The zero-order valence-electron chi connectivity index (χ0n) is 15.6. The first kappa shape index (κ1) is 19.9. The van der Waals surface area contributed by atoms with E-state index >= 15 is 0 Å². The second-order valence-corrected chi connectivity index (χ2v) is 7.35. The maximum atomic E-state index is 12.8. The molecule has 0 bridgehead atoms.